The van der Waals surface area contributed by atoms with Gasteiger partial charge in [0.25, 0.3) is 0 Å². The fourth-order valence-corrected chi connectivity index (χ4v) is 3.28. The van der Waals surface area contributed by atoms with Crippen LogP contribution in [-0.4, -0.2) is 39.4 Å². The normalized spacial score (nSPS) is 9.68. The van der Waals surface area contributed by atoms with Crippen molar-refractivity contribution in [1.82, 2.24) is 0 Å². The third kappa shape index (κ3) is 15.0. The SMILES string of the molecule is C=COCCOc1c(C)cccc1C.C=COCCOc1ccccc1.Cc1ccc(S(=O)(=O)[O-])cc1.[SH3+]. The van der Waals surface area contributed by atoms with E-state index >= 15 is 0 Å². The monoisotopic (exact) mass is 562 g/mol. The highest BCUT2D eigenvalue weighted by Crippen LogP contribution is 2.22. The van der Waals surface area contributed by atoms with Gasteiger partial charge in [-0.15, -0.1) is 0 Å². The van der Waals surface area contributed by atoms with E-state index in [-0.39, 0.29) is 18.4 Å². The summed E-state index contributed by atoms with van der Waals surface area (Å²) < 4.78 is 52.0. The van der Waals surface area contributed by atoms with E-state index in [9.17, 15) is 13.0 Å². The number of benzene rings is 3. The first-order valence-electron chi connectivity index (χ1n) is 11.5. The minimum atomic E-state index is -4.27. The van der Waals surface area contributed by atoms with E-state index in [0.717, 1.165) is 28.2 Å². The maximum atomic E-state index is 10.4. The molecule has 0 unspecified atom stereocenters. The van der Waals surface area contributed by atoms with Crippen LogP contribution >= 0.6 is 0 Å². The molecular formula is C29H38O7S2. The van der Waals surface area contributed by atoms with Gasteiger partial charge in [-0.1, -0.05) is 80.7 Å². The molecule has 0 heterocycles. The molecule has 208 valence electrons. The first kappa shape index (κ1) is 34.6. The van der Waals surface area contributed by atoms with Crippen LogP contribution in [0.25, 0.3) is 0 Å². The Morgan fingerprint density at radius 2 is 1.21 bits per heavy atom. The molecule has 0 aliphatic carbocycles. The van der Waals surface area contributed by atoms with E-state index < -0.39 is 10.1 Å². The molecule has 3 aromatic carbocycles. The molecule has 0 aliphatic rings. The second-order valence-electron chi connectivity index (χ2n) is 7.57. The summed E-state index contributed by atoms with van der Waals surface area (Å²) in [5.74, 6) is 1.82. The molecule has 3 aromatic rings. The third-order valence-corrected chi connectivity index (χ3v) is 5.46. The highest BCUT2D eigenvalue weighted by Gasteiger charge is 2.02. The topological polar surface area (TPSA) is 94.1 Å². The van der Waals surface area contributed by atoms with Gasteiger partial charge in [0.05, 0.1) is 17.4 Å². The molecule has 0 amide bonds. The Kier molecular flexibility index (Phi) is 17.9. The predicted octanol–water partition coefficient (Wildman–Crippen LogP) is 5.16. The molecule has 0 fully saturated rings. The third-order valence-electron chi connectivity index (χ3n) is 4.61. The Labute approximate surface area is 233 Å². The average Bonchev–Trinajstić information content (AvgIpc) is 2.87. The Hall–Kier alpha value is -3.40. The summed E-state index contributed by atoms with van der Waals surface area (Å²) >= 11 is 0. The first-order valence-corrected chi connectivity index (χ1v) is 12.9. The number of hydrogen-bond donors (Lipinski definition) is 0. The Morgan fingerprint density at radius 3 is 1.68 bits per heavy atom. The van der Waals surface area contributed by atoms with Crippen LogP contribution in [0, 0.1) is 20.8 Å². The molecular weight excluding hydrogens is 524 g/mol. The van der Waals surface area contributed by atoms with Crippen molar-refractivity contribution in [2.24, 2.45) is 0 Å². The molecule has 0 radical (unpaired) electrons. The van der Waals surface area contributed by atoms with Gasteiger partial charge in [0.1, 0.15) is 48.0 Å². The predicted molar refractivity (Wildman–Crippen MR) is 156 cm³/mol. The molecule has 9 heteroatoms. The minimum Gasteiger partial charge on any atom is -0.744 e. The van der Waals surface area contributed by atoms with E-state index in [1.54, 1.807) is 12.1 Å². The van der Waals surface area contributed by atoms with E-state index in [2.05, 4.69) is 13.2 Å². The van der Waals surface area contributed by atoms with Crippen molar-refractivity contribution in [3.05, 3.63) is 115 Å². The molecule has 0 atom stereocenters. The van der Waals surface area contributed by atoms with Crippen molar-refractivity contribution in [1.29, 1.82) is 0 Å². The van der Waals surface area contributed by atoms with Crippen molar-refractivity contribution in [2.45, 2.75) is 25.7 Å². The molecule has 0 aromatic heterocycles. The molecule has 0 saturated heterocycles. The van der Waals surface area contributed by atoms with Crippen LogP contribution < -0.4 is 9.47 Å². The highest BCUT2D eigenvalue weighted by molar-refractivity contribution is 7.85. The summed E-state index contributed by atoms with van der Waals surface area (Å²) in [4.78, 5) is -0.178. The molecule has 0 spiro atoms. The number of para-hydroxylation sites is 2. The zero-order valence-electron chi connectivity index (χ0n) is 22.2. The highest BCUT2D eigenvalue weighted by atomic mass is 32.2. The van der Waals surface area contributed by atoms with Crippen LogP contribution in [0.4, 0.5) is 0 Å². The van der Waals surface area contributed by atoms with Crippen LogP contribution in [0.15, 0.2) is 103 Å². The summed E-state index contributed by atoms with van der Waals surface area (Å²) in [6, 6.07) is 21.5. The summed E-state index contributed by atoms with van der Waals surface area (Å²) in [5, 5.41) is 0. The second kappa shape index (κ2) is 19.7. The molecule has 38 heavy (non-hydrogen) atoms. The number of rotatable bonds is 11. The van der Waals surface area contributed by atoms with Gasteiger partial charge < -0.3 is 23.5 Å². The zero-order valence-corrected chi connectivity index (χ0v) is 24.1. The zero-order chi connectivity index (χ0) is 27.5. The van der Waals surface area contributed by atoms with Gasteiger partial charge in [-0.25, -0.2) is 8.42 Å². The minimum absolute atomic E-state index is 0. The van der Waals surface area contributed by atoms with Gasteiger partial charge in [-0.3, -0.25) is 0 Å². The molecule has 0 saturated carbocycles. The average molecular weight is 563 g/mol. The maximum Gasteiger partial charge on any atom is 0.125 e. The summed E-state index contributed by atoms with van der Waals surface area (Å²) in [6.07, 6.45) is 2.84. The number of aryl methyl sites for hydroxylation is 3. The largest absolute Gasteiger partial charge is 0.744 e. The van der Waals surface area contributed by atoms with Gasteiger partial charge in [0.15, 0.2) is 0 Å². The van der Waals surface area contributed by atoms with E-state index in [1.165, 1.54) is 24.7 Å². The lowest BCUT2D eigenvalue weighted by Gasteiger charge is -2.11. The fourth-order valence-electron chi connectivity index (χ4n) is 2.81. The van der Waals surface area contributed by atoms with E-state index in [4.69, 9.17) is 18.9 Å². The lowest BCUT2D eigenvalue weighted by Crippen LogP contribution is -2.05. The van der Waals surface area contributed by atoms with Gasteiger partial charge in [0.2, 0.25) is 0 Å². The van der Waals surface area contributed by atoms with Crippen molar-refractivity contribution in [2.75, 3.05) is 26.4 Å². The summed E-state index contributed by atoms with van der Waals surface area (Å²) in [6.45, 7) is 15.0. The van der Waals surface area contributed by atoms with Crippen LogP contribution in [0.2, 0.25) is 0 Å². The summed E-state index contributed by atoms with van der Waals surface area (Å²) in [5.41, 5.74) is 3.24. The number of ether oxygens (including phenoxy) is 4. The molecule has 0 aliphatic heterocycles. The number of hydrogen-bond acceptors (Lipinski definition) is 7. The van der Waals surface area contributed by atoms with Crippen molar-refractivity contribution in [3.8, 4) is 11.5 Å². The van der Waals surface area contributed by atoms with E-state index in [0.29, 0.717) is 26.4 Å². The summed E-state index contributed by atoms with van der Waals surface area (Å²) in [7, 11) is -4.27. The van der Waals surface area contributed by atoms with Crippen LogP contribution in [-0.2, 0) is 33.1 Å². The van der Waals surface area contributed by atoms with Gasteiger partial charge in [0, 0.05) is 0 Å². The molecule has 0 bridgehead atoms. The quantitative estimate of drug-likeness (QED) is 0.138. The molecule has 7 nitrogen and oxygen atoms in total. The van der Waals surface area contributed by atoms with Gasteiger partial charge >= 0.3 is 0 Å². The Morgan fingerprint density at radius 1 is 0.711 bits per heavy atom. The standard InChI is InChI=1S/C12H16O2.C10H12O2.C7H8O3S.H2S/c1-4-13-8-9-14-12-10(2)6-5-7-11(12)3;1-2-11-8-9-12-10-6-4-3-5-7-10;1-6-2-4-7(5-3-6)11(8,9)10;/h4-7H,1,8-9H2,2-3H3;2-7H,1,8-9H2;2-5H,1H3,(H,8,9,10);1H2. The molecule has 3 rings (SSSR count). The lowest BCUT2D eigenvalue weighted by atomic mass is 10.1. The maximum absolute atomic E-state index is 10.4. The van der Waals surface area contributed by atoms with Crippen molar-refractivity contribution in [3.63, 3.8) is 0 Å². The van der Waals surface area contributed by atoms with Crippen LogP contribution in [0.3, 0.4) is 0 Å². The smallest absolute Gasteiger partial charge is 0.125 e. The Bertz CT molecular complexity index is 1140. The van der Waals surface area contributed by atoms with Gasteiger partial charge in [-0.2, -0.15) is 0 Å². The van der Waals surface area contributed by atoms with E-state index in [1.807, 2.05) is 69.3 Å². The first-order chi connectivity index (χ1) is 17.7. The van der Waals surface area contributed by atoms with Gasteiger partial charge in [-0.05, 0) is 56.2 Å². The Balaban J connectivity index is 0.000000537. The van der Waals surface area contributed by atoms with Crippen LogP contribution in [0.5, 0.6) is 11.5 Å². The van der Waals surface area contributed by atoms with Crippen molar-refractivity contribution >= 4 is 23.6 Å². The lowest BCUT2D eigenvalue weighted by molar-refractivity contribution is 0.178. The van der Waals surface area contributed by atoms with Crippen LogP contribution in [0.1, 0.15) is 16.7 Å². The molecule has 0 N–H and O–H groups in total. The van der Waals surface area contributed by atoms with Crippen molar-refractivity contribution < 1.29 is 31.9 Å². The second-order valence-corrected chi connectivity index (χ2v) is 8.95. The fraction of sp³-hybridized carbons (Fsp3) is 0.241.